The third kappa shape index (κ3) is 3.63. The smallest absolute Gasteiger partial charge is 0.251 e. The van der Waals surface area contributed by atoms with Crippen LogP contribution in [0.4, 0.5) is 5.69 Å². The van der Waals surface area contributed by atoms with Crippen LogP contribution in [-0.2, 0) is 11.3 Å². The molecule has 0 spiro atoms. The van der Waals surface area contributed by atoms with Crippen LogP contribution in [0.5, 0.6) is 11.5 Å². The fourth-order valence-electron chi connectivity index (χ4n) is 2.74. The summed E-state index contributed by atoms with van der Waals surface area (Å²) < 4.78 is 10.7. The van der Waals surface area contributed by atoms with Gasteiger partial charge in [0.2, 0.25) is 6.79 Å². The number of para-hydroxylation sites is 1. The first-order valence-electron chi connectivity index (χ1n) is 8.26. The summed E-state index contributed by atoms with van der Waals surface area (Å²) in [4.78, 5) is 15.8. The van der Waals surface area contributed by atoms with Crippen molar-refractivity contribution in [2.75, 3.05) is 11.7 Å². The van der Waals surface area contributed by atoms with Crippen LogP contribution in [0.3, 0.4) is 0 Å². The Hall–Kier alpha value is -3.05. The van der Waals surface area contributed by atoms with E-state index >= 15 is 0 Å². The highest BCUT2D eigenvalue weighted by molar-refractivity contribution is 7.09. The number of amides is 1. The van der Waals surface area contributed by atoms with E-state index < -0.39 is 0 Å². The molecule has 0 N–H and O–H groups in total. The Morgan fingerprint density at radius 1 is 1.04 bits per heavy atom. The minimum Gasteiger partial charge on any atom is -0.454 e. The molecule has 5 heteroatoms. The van der Waals surface area contributed by atoms with Crippen LogP contribution in [0.1, 0.15) is 10.4 Å². The van der Waals surface area contributed by atoms with E-state index in [0.717, 1.165) is 21.9 Å². The number of carbonyl (C=O) groups is 1. The summed E-state index contributed by atoms with van der Waals surface area (Å²) in [7, 11) is 0. The lowest BCUT2D eigenvalue weighted by molar-refractivity contribution is -0.114. The van der Waals surface area contributed by atoms with E-state index in [1.807, 2.05) is 66.0 Å². The van der Waals surface area contributed by atoms with Gasteiger partial charge >= 0.3 is 0 Å². The zero-order valence-corrected chi connectivity index (χ0v) is 14.8. The summed E-state index contributed by atoms with van der Waals surface area (Å²) in [5.41, 5.74) is 1.77. The van der Waals surface area contributed by atoms with Gasteiger partial charge in [-0.25, -0.2) is 0 Å². The predicted octanol–water partition coefficient (Wildman–Crippen LogP) is 4.72. The van der Waals surface area contributed by atoms with Crippen LogP contribution in [0, 0.1) is 0 Å². The number of nitrogens with zero attached hydrogens (tertiary/aromatic N) is 1. The maximum absolute atomic E-state index is 12.9. The van der Waals surface area contributed by atoms with Crippen molar-refractivity contribution in [2.24, 2.45) is 0 Å². The second-order valence-electron chi connectivity index (χ2n) is 5.79. The van der Waals surface area contributed by atoms with E-state index in [2.05, 4.69) is 0 Å². The maximum Gasteiger partial charge on any atom is 0.251 e. The molecule has 0 saturated heterocycles. The van der Waals surface area contributed by atoms with Crippen molar-refractivity contribution < 1.29 is 14.3 Å². The van der Waals surface area contributed by atoms with Gasteiger partial charge in [-0.15, -0.1) is 11.3 Å². The molecule has 2 aromatic carbocycles. The second kappa shape index (κ2) is 7.45. The van der Waals surface area contributed by atoms with Crippen molar-refractivity contribution in [1.82, 2.24) is 0 Å². The lowest BCUT2D eigenvalue weighted by Crippen LogP contribution is -2.28. The summed E-state index contributed by atoms with van der Waals surface area (Å²) >= 11 is 1.64. The van der Waals surface area contributed by atoms with E-state index in [9.17, 15) is 4.79 Å². The molecule has 1 aromatic heterocycles. The van der Waals surface area contributed by atoms with Crippen molar-refractivity contribution >= 4 is 29.0 Å². The Labute approximate surface area is 155 Å². The topological polar surface area (TPSA) is 38.8 Å². The fourth-order valence-corrected chi connectivity index (χ4v) is 3.43. The molecule has 4 rings (SSSR count). The van der Waals surface area contributed by atoms with Gasteiger partial charge in [0.15, 0.2) is 11.5 Å². The van der Waals surface area contributed by atoms with E-state index in [0.29, 0.717) is 12.3 Å². The molecule has 1 aliphatic heterocycles. The van der Waals surface area contributed by atoms with Gasteiger partial charge in [0.25, 0.3) is 5.91 Å². The number of benzene rings is 2. The van der Waals surface area contributed by atoms with Gasteiger partial charge in [0.1, 0.15) is 0 Å². The fraction of sp³-hybridized carbons (Fsp3) is 0.0952. The molecule has 130 valence electrons. The molecular weight excluding hydrogens is 346 g/mol. The van der Waals surface area contributed by atoms with Gasteiger partial charge in [-0.05, 0) is 47.4 Å². The molecule has 26 heavy (non-hydrogen) atoms. The third-order valence-electron chi connectivity index (χ3n) is 4.04. The summed E-state index contributed by atoms with van der Waals surface area (Å²) in [6, 6.07) is 19.4. The molecule has 0 saturated carbocycles. The zero-order chi connectivity index (χ0) is 17.8. The molecule has 4 nitrogen and oxygen atoms in total. The number of carbonyl (C=O) groups excluding carboxylic acids is 1. The molecule has 2 heterocycles. The zero-order valence-electron chi connectivity index (χ0n) is 14.0. The molecule has 1 aliphatic rings. The standard InChI is InChI=1S/C21H17NO3S/c23-21(11-9-16-8-10-19-20(13-16)25-15-24-19)22(14-18-7-4-12-26-18)17-5-2-1-3-6-17/h1-13H,14-15H2. The summed E-state index contributed by atoms with van der Waals surface area (Å²) in [5.74, 6) is 1.37. The van der Waals surface area contributed by atoms with Gasteiger partial charge in [-0.1, -0.05) is 30.3 Å². The van der Waals surface area contributed by atoms with Crippen molar-refractivity contribution in [2.45, 2.75) is 6.54 Å². The molecule has 3 aromatic rings. The van der Waals surface area contributed by atoms with Crippen molar-refractivity contribution in [1.29, 1.82) is 0 Å². The number of thiophene rings is 1. The van der Waals surface area contributed by atoms with Crippen LogP contribution < -0.4 is 14.4 Å². The minimum atomic E-state index is -0.0673. The monoisotopic (exact) mass is 363 g/mol. The third-order valence-corrected chi connectivity index (χ3v) is 4.90. The Balaban J connectivity index is 1.56. The molecule has 0 aliphatic carbocycles. The van der Waals surface area contributed by atoms with Crippen LogP contribution in [0.15, 0.2) is 72.1 Å². The average Bonchev–Trinajstić information content (AvgIpc) is 3.36. The van der Waals surface area contributed by atoms with Crippen LogP contribution >= 0.6 is 11.3 Å². The van der Waals surface area contributed by atoms with E-state index in [-0.39, 0.29) is 12.7 Å². The predicted molar refractivity (Wildman–Crippen MR) is 104 cm³/mol. The lowest BCUT2D eigenvalue weighted by Gasteiger charge is -2.20. The van der Waals surface area contributed by atoms with E-state index in [1.54, 1.807) is 28.4 Å². The number of fused-ring (bicyclic) bond motifs is 1. The lowest BCUT2D eigenvalue weighted by atomic mass is 10.2. The van der Waals surface area contributed by atoms with Crippen molar-refractivity contribution in [3.05, 3.63) is 82.6 Å². The number of hydrogen-bond donors (Lipinski definition) is 0. The summed E-state index contributed by atoms with van der Waals surface area (Å²) in [6.45, 7) is 0.788. The number of anilines is 1. The Bertz CT molecular complexity index is 920. The highest BCUT2D eigenvalue weighted by Crippen LogP contribution is 2.32. The Morgan fingerprint density at radius 3 is 2.69 bits per heavy atom. The van der Waals surface area contributed by atoms with Crippen LogP contribution in [-0.4, -0.2) is 12.7 Å². The van der Waals surface area contributed by atoms with Crippen LogP contribution in [0.2, 0.25) is 0 Å². The van der Waals surface area contributed by atoms with Gasteiger partial charge in [0, 0.05) is 16.6 Å². The number of hydrogen-bond acceptors (Lipinski definition) is 4. The second-order valence-corrected chi connectivity index (χ2v) is 6.82. The summed E-state index contributed by atoms with van der Waals surface area (Å²) in [5, 5.41) is 2.02. The van der Waals surface area contributed by atoms with Crippen molar-refractivity contribution in [3.63, 3.8) is 0 Å². The van der Waals surface area contributed by atoms with E-state index in [1.165, 1.54) is 0 Å². The number of rotatable bonds is 5. The largest absolute Gasteiger partial charge is 0.454 e. The first-order chi connectivity index (χ1) is 12.8. The van der Waals surface area contributed by atoms with Gasteiger partial charge in [-0.2, -0.15) is 0 Å². The average molecular weight is 363 g/mol. The quantitative estimate of drug-likeness (QED) is 0.616. The first-order valence-corrected chi connectivity index (χ1v) is 9.14. The molecule has 0 unspecified atom stereocenters. The Morgan fingerprint density at radius 2 is 1.88 bits per heavy atom. The Kier molecular flexibility index (Phi) is 4.71. The van der Waals surface area contributed by atoms with Gasteiger partial charge < -0.3 is 14.4 Å². The molecule has 0 atom stereocenters. The molecule has 0 bridgehead atoms. The highest BCUT2D eigenvalue weighted by Gasteiger charge is 2.15. The SMILES string of the molecule is O=C(C=Cc1ccc2c(c1)OCO2)N(Cc1cccs1)c1ccccc1. The van der Waals surface area contributed by atoms with Gasteiger partial charge in [-0.3, -0.25) is 4.79 Å². The van der Waals surface area contributed by atoms with Gasteiger partial charge in [0.05, 0.1) is 6.54 Å². The normalized spacial score (nSPS) is 12.5. The molecule has 0 fully saturated rings. The number of ether oxygens (including phenoxy) is 2. The molecule has 0 radical (unpaired) electrons. The van der Waals surface area contributed by atoms with Crippen LogP contribution in [0.25, 0.3) is 6.08 Å². The van der Waals surface area contributed by atoms with E-state index in [4.69, 9.17) is 9.47 Å². The molecular formula is C21H17NO3S. The minimum absolute atomic E-state index is 0.0673. The highest BCUT2D eigenvalue weighted by atomic mass is 32.1. The summed E-state index contributed by atoms with van der Waals surface area (Å²) in [6.07, 6.45) is 3.40. The first kappa shape index (κ1) is 16.4. The van der Waals surface area contributed by atoms with Crippen molar-refractivity contribution in [3.8, 4) is 11.5 Å². The maximum atomic E-state index is 12.9. The molecule has 1 amide bonds.